The van der Waals surface area contributed by atoms with Gasteiger partial charge in [-0.15, -0.1) is 16.9 Å². The highest BCUT2D eigenvalue weighted by Gasteiger charge is 2.20. The summed E-state index contributed by atoms with van der Waals surface area (Å²) in [5.74, 6) is -1.19. The van der Waals surface area contributed by atoms with Crippen molar-refractivity contribution in [2.75, 3.05) is 20.6 Å². The fraction of sp³-hybridized carbons (Fsp3) is 0.714. The van der Waals surface area contributed by atoms with Gasteiger partial charge in [0.05, 0.1) is 19.5 Å². The maximum Gasteiger partial charge on any atom is 0.308 e. The Balaban J connectivity index is 3.94. The van der Waals surface area contributed by atoms with Crippen molar-refractivity contribution in [3.63, 3.8) is 0 Å². The Morgan fingerprint density at radius 3 is 2.58 bits per heavy atom. The second kappa shape index (κ2) is 4.29. The fourth-order valence-corrected chi connectivity index (χ4v) is 1.25. The SMILES string of the molecule is C[N+](C)(C#N)CC(Cl)CC(=O)[O-]. The van der Waals surface area contributed by atoms with Crippen LogP contribution in [0.25, 0.3) is 0 Å². The molecular weight excluding hydrogens is 180 g/mol. The van der Waals surface area contributed by atoms with Gasteiger partial charge in [-0.3, -0.25) is 0 Å². The normalized spacial score (nSPS) is 13.5. The molecule has 5 heteroatoms. The zero-order valence-electron chi connectivity index (χ0n) is 7.08. The van der Waals surface area contributed by atoms with Crippen LogP contribution in [0.15, 0.2) is 0 Å². The third-order valence-electron chi connectivity index (χ3n) is 1.31. The first-order chi connectivity index (χ1) is 5.37. The van der Waals surface area contributed by atoms with Crippen LogP contribution in [-0.2, 0) is 4.79 Å². The molecule has 0 fully saturated rings. The summed E-state index contributed by atoms with van der Waals surface area (Å²) in [7, 11) is 3.31. The monoisotopic (exact) mass is 190 g/mol. The van der Waals surface area contributed by atoms with Gasteiger partial charge >= 0.3 is 6.19 Å². The summed E-state index contributed by atoms with van der Waals surface area (Å²) in [6.45, 7) is 0.298. The average molecular weight is 191 g/mol. The number of aliphatic carboxylic acids is 1. The number of nitrogens with zero attached hydrogens (tertiary/aromatic N) is 2. The van der Waals surface area contributed by atoms with Crippen molar-refractivity contribution in [1.82, 2.24) is 0 Å². The largest absolute Gasteiger partial charge is 0.550 e. The van der Waals surface area contributed by atoms with Gasteiger partial charge in [-0.25, -0.2) is 4.48 Å². The van der Waals surface area contributed by atoms with E-state index < -0.39 is 11.3 Å². The van der Waals surface area contributed by atoms with Gasteiger partial charge < -0.3 is 9.90 Å². The number of carboxylic acid groups (broad SMARTS) is 1. The third kappa shape index (κ3) is 4.94. The van der Waals surface area contributed by atoms with Crippen molar-refractivity contribution in [1.29, 1.82) is 5.26 Å². The molecule has 1 atom stereocenters. The van der Waals surface area contributed by atoms with Gasteiger partial charge in [-0.1, -0.05) is 0 Å². The second-order valence-corrected chi connectivity index (χ2v) is 3.76. The van der Waals surface area contributed by atoms with E-state index in [-0.39, 0.29) is 10.9 Å². The van der Waals surface area contributed by atoms with Gasteiger partial charge in [0.25, 0.3) is 0 Å². The number of halogens is 1. The number of rotatable bonds is 4. The molecule has 4 nitrogen and oxygen atoms in total. The van der Waals surface area contributed by atoms with E-state index in [2.05, 4.69) is 0 Å². The van der Waals surface area contributed by atoms with Crippen molar-refractivity contribution in [3.8, 4) is 6.19 Å². The van der Waals surface area contributed by atoms with E-state index in [9.17, 15) is 9.90 Å². The fourth-order valence-electron chi connectivity index (χ4n) is 0.781. The Morgan fingerprint density at radius 2 is 2.25 bits per heavy atom. The smallest absolute Gasteiger partial charge is 0.308 e. The summed E-state index contributed by atoms with van der Waals surface area (Å²) in [5.41, 5.74) is 0. The molecule has 0 spiro atoms. The lowest BCUT2D eigenvalue weighted by Gasteiger charge is -2.21. The maximum absolute atomic E-state index is 10.1. The van der Waals surface area contributed by atoms with Crippen LogP contribution in [0.5, 0.6) is 0 Å². The molecule has 0 aliphatic carbocycles. The summed E-state index contributed by atoms with van der Waals surface area (Å²) in [6, 6.07) is 0. The number of quaternary nitrogens is 1. The lowest BCUT2D eigenvalue weighted by Crippen LogP contribution is -2.41. The highest BCUT2D eigenvalue weighted by atomic mass is 35.5. The van der Waals surface area contributed by atoms with Crippen molar-refractivity contribution in [3.05, 3.63) is 0 Å². The number of carbonyl (C=O) groups is 1. The molecule has 0 aromatic carbocycles. The zero-order valence-corrected chi connectivity index (χ0v) is 7.84. The summed E-state index contributed by atoms with van der Waals surface area (Å²) >= 11 is 5.65. The number of carboxylic acids is 1. The van der Waals surface area contributed by atoms with E-state index in [4.69, 9.17) is 16.9 Å². The summed E-state index contributed by atoms with van der Waals surface area (Å²) in [6.07, 6.45) is 1.77. The van der Waals surface area contributed by atoms with Gasteiger partial charge in [0.15, 0.2) is 0 Å². The topological polar surface area (TPSA) is 63.9 Å². The van der Waals surface area contributed by atoms with Crippen LogP contribution >= 0.6 is 11.6 Å². The minimum Gasteiger partial charge on any atom is -0.550 e. The van der Waals surface area contributed by atoms with E-state index in [1.54, 1.807) is 14.1 Å². The van der Waals surface area contributed by atoms with E-state index >= 15 is 0 Å². The first kappa shape index (κ1) is 11.2. The highest BCUT2D eigenvalue weighted by Crippen LogP contribution is 2.06. The zero-order chi connectivity index (χ0) is 9.78. The van der Waals surface area contributed by atoms with Crippen molar-refractivity contribution in [2.24, 2.45) is 0 Å². The van der Waals surface area contributed by atoms with Crippen LogP contribution < -0.4 is 5.11 Å². The Bertz CT molecular complexity index is 210. The van der Waals surface area contributed by atoms with Crippen LogP contribution in [0.3, 0.4) is 0 Å². The maximum atomic E-state index is 10.1. The molecule has 0 aliphatic heterocycles. The predicted octanol–water partition coefficient (Wildman–Crippen LogP) is -0.709. The van der Waals surface area contributed by atoms with Crippen LogP contribution in [0, 0.1) is 11.5 Å². The van der Waals surface area contributed by atoms with Crippen molar-refractivity contribution in [2.45, 2.75) is 11.8 Å². The molecule has 0 rings (SSSR count). The highest BCUT2D eigenvalue weighted by molar-refractivity contribution is 6.21. The molecule has 0 bridgehead atoms. The van der Waals surface area contributed by atoms with E-state index in [0.717, 1.165) is 0 Å². The Morgan fingerprint density at radius 1 is 1.75 bits per heavy atom. The second-order valence-electron chi connectivity index (χ2n) is 3.14. The first-order valence-corrected chi connectivity index (χ1v) is 3.89. The molecule has 0 radical (unpaired) electrons. The standard InChI is InChI=1S/C7H11ClN2O2/c1-10(2,5-9)4-6(8)3-7(11)12/h6H,3-4H2,1-2H3. The molecule has 1 unspecified atom stereocenters. The van der Waals surface area contributed by atoms with Crippen LogP contribution in [0.1, 0.15) is 6.42 Å². The first-order valence-electron chi connectivity index (χ1n) is 3.45. The number of hydrogen-bond donors (Lipinski definition) is 0. The van der Waals surface area contributed by atoms with E-state index in [1.165, 1.54) is 0 Å². The molecule has 0 aliphatic rings. The Kier molecular flexibility index (Phi) is 4.01. The number of hydrogen-bond acceptors (Lipinski definition) is 3. The van der Waals surface area contributed by atoms with E-state index in [0.29, 0.717) is 6.54 Å². The molecular formula is C7H11ClN2O2. The molecule has 0 saturated heterocycles. The van der Waals surface area contributed by atoms with Gasteiger partial charge in [-0.2, -0.15) is 0 Å². The summed E-state index contributed by atoms with van der Waals surface area (Å²) < 4.78 is 0.0431. The van der Waals surface area contributed by atoms with Gasteiger partial charge in [0, 0.05) is 12.4 Å². The predicted molar refractivity (Wildman–Crippen MR) is 41.9 cm³/mol. The van der Waals surface area contributed by atoms with Crippen molar-refractivity contribution >= 4 is 17.6 Å². The molecule has 0 aromatic rings. The molecule has 0 amide bonds. The molecule has 0 saturated carbocycles. The summed E-state index contributed by atoms with van der Waals surface area (Å²) in [5, 5.41) is 18.1. The van der Waals surface area contributed by atoms with Crippen LogP contribution in [-0.4, -0.2) is 36.5 Å². The van der Waals surface area contributed by atoms with E-state index in [1.807, 2.05) is 6.19 Å². The lowest BCUT2D eigenvalue weighted by molar-refractivity contribution is -0.824. The Hall–Kier alpha value is -0.790. The molecule has 0 aromatic heterocycles. The number of alkyl halides is 1. The minimum absolute atomic E-state index is 0.0431. The van der Waals surface area contributed by atoms with Gasteiger partial charge in [-0.05, 0) is 0 Å². The minimum atomic E-state index is -1.19. The van der Waals surface area contributed by atoms with Crippen LogP contribution in [0.4, 0.5) is 0 Å². The summed E-state index contributed by atoms with van der Waals surface area (Å²) in [4.78, 5) is 10.1. The molecule has 12 heavy (non-hydrogen) atoms. The van der Waals surface area contributed by atoms with Gasteiger partial charge in [0.2, 0.25) is 0 Å². The Labute approximate surface area is 76.6 Å². The lowest BCUT2D eigenvalue weighted by atomic mass is 10.3. The van der Waals surface area contributed by atoms with Crippen molar-refractivity contribution < 1.29 is 14.4 Å². The molecule has 0 heterocycles. The molecule has 0 N–H and O–H groups in total. The third-order valence-corrected chi connectivity index (χ3v) is 1.61. The average Bonchev–Trinajstić information content (AvgIpc) is 1.84. The number of nitriles is 1. The number of carbonyl (C=O) groups excluding carboxylic acids is 1. The quantitative estimate of drug-likeness (QED) is 0.334. The van der Waals surface area contributed by atoms with Gasteiger partial charge in [0.1, 0.15) is 6.54 Å². The van der Waals surface area contributed by atoms with Crippen LogP contribution in [0.2, 0.25) is 0 Å². The molecule has 68 valence electrons.